The molecular formula is C20H31N3O3. The Bertz CT molecular complexity index is 597. The molecular weight excluding hydrogens is 330 g/mol. The van der Waals surface area contributed by atoms with Gasteiger partial charge in [0.15, 0.2) is 0 Å². The van der Waals surface area contributed by atoms with Gasteiger partial charge in [-0.25, -0.2) is 0 Å². The van der Waals surface area contributed by atoms with Crippen LogP contribution in [0.4, 0.5) is 0 Å². The van der Waals surface area contributed by atoms with Crippen LogP contribution >= 0.6 is 0 Å². The lowest BCUT2D eigenvalue weighted by Gasteiger charge is -2.32. The maximum absolute atomic E-state index is 12.5. The first-order valence-corrected chi connectivity index (χ1v) is 9.59. The molecule has 2 fully saturated rings. The molecule has 0 radical (unpaired) electrons. The second kappa shape index (κ2) is 8.48. The van der Waals surface area contributed by atoms with Crippen LogP contribution in [0.1, 0.15) is 18.4 Å². The SMILES string of the molecule is CN1CCCN(C[C@]2(O)CN(C(=O)CCc3ccccc3)C[C@H]2O)CC1. The quantitative estimate of drug-likeness (QED) is 0.784. The minimum atomic E-state index is -1.23. The number of aryl methyl sites for hydroxylation is 1. The number of β-amino-alcohol motifs (C(OH)–C–C–N with tert-alkyl or cyclic N) is 2. The van der Waals surface area contributed by atoms with Crippen molar-refractivity contribution in [1.82, 2.24) is 14.7 Å². The summed E-state index contributed by atoms with van der Waals surface area (Å²) >= 11 is 0. The van der Waals surface area contributed by atoms with E-state index in [1.807, 2.05) is 30.3 Å². The number of likely N-dealkylation sites (N-methyl/N-ethyl adjacent to an activating group) is 1. The van der Waals surface area contributed by atoms with E-state index in [2.05, 4.69) is 16.8 Å². The third kappa shape index (κ3) is 4.82. The zero-order valence-electron chi connectivity index (χ0n) is 15.7. The Morgan fingerprint density at radius 3 is 2.73 bits per heavy atom. The number of rotatable bonds is 5. The number of carbonyl (C=O) groups is 1. The van der Waals surface area contributed by atoms with E-state index >= 15 is 0 Å². The largest absolute Gasteiger partial charge is 0.388 e. The lowest BCUT2D eigenvalue weighted by atomic mass is 9.99. The van der Waals surface area contributed by atoms with Crippen LogP contribution in [0.15, 0.2) is 30.3 Å². The summed E-state index contributed by atoms with van der Waals surface area (Å²) in [6.45, 7) is 4.68. The lowest BCUT2D eigenvalue weighted by molar-refractivity contribution is -0.131. The van der Waals surface area contributed by atoms with Crippen molar-refractivity contribution in [1.29, 1.82) is 0 Å². The number of hydrogen-bond donors (Lipinski definition) is 2. The number of carbonyl (C=O) groups excluding carboxylic acids is 1. The van der Waals surface area contributed by atoms with Crippen molar-refractivity contribution in [2.24, 2.45) is 0 Å². The molecule has 0 aromatic heterocycles. The summed E-state index contributed by atoms with van der Waals surface area (Å²) in [6, 6.07) is 9.92. The zero-order valence-corrected chi connectivity index (χ0v) is 15.7. The van der Waals surface area contributed by atoms with E-state index in [0.29, 0.717) is 19.4 Å². The van der Waals surface area contributed by atoms with E-state index in [-0.39, 0.29) is 19.0 Å². The summed E-state index contributed by atoms with van der Waals surface area (Å²) in [4.78, 5) is 18.6. The number of hydrogen-bond acceptors (Lipinski definition) is 5. The molecule has 2 heterocycles. The van der Waals surface area contributed by atoms with Gasteiger partial charge in [0.05, 0.1) is 6.54 Å². The first-order chi connectivity index (χ1) is 12.5. The molecule has 0 aliphatic carbocycles. The van der Waals surface area contributed by atoms with Crippen LogP contribution in [-0.4, -0.2) is 95.4 Å². The van der Waals surface area contributed by atoms with Gasteiger partial charge in [-0.1, -0.05) is 30.3 Å². The maximum Gasteiger partial charge on any atom is 0.223 e. The summed E-state index contributed by atoms with van der Waals surface area (Å²) < 4.78 is 0. The van der Waals surface area contributed by atoms with Crippen molar-refractivity contribution in [3.8, 4) is 0 Å². The van der Waals surface area contributed by atoms with Crippen LogP contribution in [0, 0.1) is 0 Å². The number of aliphatic hydroxyl groups is 2. The second-order valence-electron chi connectivity index (χ2n) is 7.81. The van der Waals surface area contributed by atoms with E-state index in [9.17, 15) is 15.0 Å². The fraction of sp³-hybridized carbons (Fsp3) is 0.650. The van der Waals surface area contributed by atoms with Gasteiger partial charge < -0.3 is 20.0 Å². The fourth-order valence-electron chi connectivity index (χ4n) is 3.92. The van der Waals surface area contributed by atoms with Gasteiger partial charge >= 0.3 is 0 Å². The van der Waals surface area contributed by atoms with Crippen molar-refractivity contribution in [3.05, 3.63) is 35.9 Å². The number of aliphatic hydroxyl groups excluding tert-OH is 1. The Kier molecular flexibility index (Phi) is 6.29. The van der Waals surface area contributed by atoms with Crippen LogP contribution in [0.2, 0.25) is 0 Å². The molecule has 2 aliphatic rings. The van der Waals surface area contributed by atoms with Crippen molar-refractivity contribution in [3.63, 3.8) is 0 Å². The van der Waals surface area contributed by atoms with Crippen molar-refractivity contribution in [2.45, 2.75) is 31.0 Å². The molecule has 3 rings (SSSR count). The average molecular weight is 361 g/mol. The molecule has 1 aromatic carbocycles. The van der Waals surface area contributed by atoms with Gasteiger partial charge in [-0.2, -0.15) is 0 Å². The van der Waals surface area contributed by atoms with Gasteiger partial charge in [-0.3, -0.25) is 9.69 Å². The molecule has 0 saturated carbocycles. The van der Waals surface area contributed by atoms with Crippen LogP contribution < -0.4 is 0 Å². The molecule has 1 amide bonds. The van der Waals surface area contributed by atoms with Crippen LogP contribution in [0.3, 0.4) is 0 Å². The monoisotopic (exact) mass is 361 g/mol. The van der Waals surface area contributed by atoms with Gasteiger partial charge in [0.25, 0.3) is 0 Å². The van der Waals surface area contributed by atoms with Crippen LogP contribution in [0.5, 0.6) is 0 Å². The highest BCUT2D eigenvalue weighted by molar-refractivity contribution is 5.77. The Morgan fingerprint density at radius 2 is 1.96 bits per heavy atom. The number of nitrogens with zero attached hydrogens (tertiary/aromatic N) is 3. The highest BCUT2D eigenvalue weighted by Gasteiger charge is 2.46. The van der Waals surface area contributed by atoms with E-state index < -0.39 is 11.7 Å². The van der Waals surface area contributed by atoms with E-state index in [0.717, 1.165) is 38.2 Å². The average Bonchev–Trinajstić information content (AvgIpc) is 2.78. The lowest BCUT2D eigenvalue weighted by Crippen LogP contribution is -2.52. The minimum absolute atomic E-state index is 0.000530. The molecule has 2 saturated heterocycles. The third-order valence-corrected chi connectivity index (χ3v) is 5.61. The van der Waals surface area contributed by atoms with Gasteiger partial charge in [0.1, 0.15) is 11.7 Å². The second-order valence-corrected chi connectivity index (χ2v) is 7.81. The Balaban J connectivity index is 1.53. The van der Waals surface area contributed by atoms with E-state index in [1.165, 1.54) is 0 Å². The first kappa shape index (κ1) is 19.3. The normalized spacial score (nSPS) is 28.3. The minimum Gasteiger partial charge on any atom is -0.388 e. The summed E-state index contributed by atoms with van der Waals surface area (Å²) in [5.41, 5.74) is -0.102. The Hall–Kier alpha value is -1.47. The summed E-state index contributed by atoms with van der Waals surface area (Å²) in [5.74, 6) is -0.000530. The molecule has 0 unspecified atom stereocenters. The first-order valence-electron chi connectivity index (χ1n) is 9.59. The third-order valence-electron chi connectivity index (χ3n) is 5.61. The Labute approximate surface area is 156 Å². The van der Waals surface area contributed by atoms with Crippen LogP contribution in [0.25, 0.3) is 0 Å². The van der Waals surface area contributed by atoms with Gasteiger partial charge in [0, 0.05) is 32.6 Å². The Morgan fingerprint density at radius 1 is 1.19 bits per heavy atom. The summed E-state index contributed by atoms with van der Waals surface area (Å²) in [7, 11) is 2.11. The molecule has 0 spiro atoms. The summed E-state index contributed by atoms with van der Waals surface area (Å²) in [6.07, 6.45) is 1.26. The molecule has 6 heteroatoms. The molecule has 2 N–H and O–H groups in total. The standard InChI is InChI=1S/C20H31N3O3/c1-21-10-5-11-22(13-12-21)15-20(26)16-23(14-18(20)24)19(25)9-8-17-6-3-2-4-7-17/h2-4,6-7,18,24,26H,5,8-16H2,1H3/t18-,20+/m1/s1. The molecule has 1 aromatic rings. The maximum atomic E-state index is 12.5. The molecule has 6 nitrogen and oxygen atoms in total. The van der Waals surface area contributed by atoms with Crippen LogP contribution in [-0.2, 0) is 11.2 Å². The van der Waals surface area contributed by atoms with Crippen molar-refractivity contribution in [2.75, 3.05) is 52.9 Å². The number of likely N-dealkylation sites (tertiary alicyclic amines) is 1. The predicted molar refractivity (Wildman–Crippen MR) is 101 cm³/mol. The topological polar surface area (TPSA) is 67.2 Å². The van der Waals surface area contributed by atoms with Gasteiger partial charge in [-0.05, 0) is 38.5 Å². The molecule has 0 bridgehead atoms. The zero-order chi connectivity index (χ0) is 18.6. The van der Waals surface area contributed by atoms with Crippen molar-refractivity contribution >= 4 is 5.91 Å². The summed E-state index contributed by atoms with van der Waals surface area (Å²) in [5, 5.41) is 21.4. The molecule has 2 aliphatic heterocycles. The molecule has 26 heavy (non-hydrogen) atoms. The fourth-order valence-corrected chi connectivity index (χ4v) is 3.92. The van der Waals surface area contributed by atoms with E-state index in [4.69, 9.17) is 0 Å². The van der Waals surface area contributed by atoms with Gasteiger partial charge in [0.2, 0.25) is 5.91 Å². The van der Waals surface area contributed by atoms with Gasteiger partial charge in [-0.15, -0.1) is 0 Å². The highest BCUT2D eigenvalue weighted by Crippen LogP contribution is 2.24. The molecule has 144 valence electrons. The smallest absolute Gasteiger partial charge is 0.223 e. The van der Waals surface area contributed by atoms with Crippen molar-refractivity contribution < 1.29 is 15.0 Å². The number of amides is 1. The number of benzene rings is 1. The highest BCUT2D eigenvalue weighted by atomic mass is 16.3. The van der Waals surface area contributed by atoms with E-state index in [1.54, 1.807) is 4.90 Å². The molecule has 2 atom stereocenters. The predicted octanol–water partition coefficient (Wildman–Crippen LogP) is 0.191.